The SMILES string of the molecule is CCCCOc1ccc(/C=c2/sc3n(c2=O)C(c2ccc(OC)cc2)C(C(=O)OC)=C(C)N=3)cc1. The minimum atomic E-state index is -0.652. The van der Waals surface area contributed by atoms with Gasteiger partial charge in [-0.2, -0.15) is 0 Å². The van der Waals surface area contributed by atoms with Gasteiger partial charge in [-0.25, -0.2) is 9.79 Å². The molecular formula is C27H28N2O5S. The molecule has 8 heteroatoms. The van der Waals surface area contributed by atoms with Crippen LogP contribution < -0.4 is 24.4 Å². The largest absolute Gasteiger partial charge is 0.497 e. The highest BCUT2D eigenvalue weighted by Crippen LogP contribution is 2.31. The maximum Gasteiger partial charge on any atom is 0.338 e. The summed E-state index contributed by atoms with van der Waals surface area (Å²) in [6.45, 7) is 4.57. The molecule has 1 atom stereocenters. The average molecular weight is 493 g/mol. The highest BCUT2D eigenvalue weighted by atomic mass is 32.1. The second-order valence-electron chi connectivity index (χ2n) is 8.12. The van der Waals surface area contributed by atoms with Crippen LogP contribution in [-0.2, 0) is 9.53 Å². The number of allylic oxidation sites excluding steroid dienone is 1. The molecule has 182 valence electrons. The van der Waals surface area contributed by atoms with Gasteiger partial charge in [0, 0.05) is 0 Å². The molecule has 0 spiro atoms. The number of esters is 1. The zero-order valence-corrected chi connectivity index (χ0v) is 21.1. The van der Waals surface area contributed by atoms with Crippen LogP contribution in [0.3, 0.4) is 0 Å². The molecule has 3 aromatic rings. The van der Waals surface area contributed by atoms with E-state index in [0.717, 1.165) is 29.7 Å². The number of thiazole rings is 1. The normalized spacial score (nSPS) is 15.4. The topological polar surface area (TPSA) is 79.1 Å². The summed E-state index contributed by atoms with van der Waals surface area (Å²) < 4.78 is 18.1. The zero-order valence-electron chi connectivity index (χ0n) is 20.2. The standard InChI is InChI=1S/C27H28N2O5S/c1-5-6-15-34-21-11-7-18(8-12-21)16-22-25(30)29-24(19-9-13-20(32-3)14-10-19)23(26(31)33-4)17(2)28-27(29)35-22/h7-14,16,24H,5-6,15H2,1-4H3/b22-16+. The molecule has 1 aliphatic heterocycles. The number of aromatic nitrogens is 1. The number of carbonyl (C=O) groups is 1. The van der Waals surface area contributed by atoms with Crippen LogP contribution in [-0.4, -0.2) is 31.4 Å². The number of unbranched alkanes of at least 4 members (excludes halogenated alkanes) is 1. The van der Waals surface area contributed by atoms with Crippen molar-refractivity contribution >= 4 is 23.4 Å². The summed E-state index contributed by atoms with van der Waals surface area (Å²) in [4.78, 5) is 31.4. The molecule has 1 unspecified atom stereocenters. The quantitative estimate of drug-likeness (QED) is 0.355. The Morgan fingerprint density at radius 2 is 1.77 bits per heavy atom. The third-order valence-corrected chi connectivity index (χ3v) is 6.79. The van der Waals surface area contributed by atoms with E-state index in [-0.39, 0.29) is 5.56 Å². The van der Waals surface area contributed by atoms with E-state index in [0.29, 0.717) is 33.0 Å². The van der Waals surface area contributed by atoms with Crippen LogP contribution in [0.15, 0.2) is 69.6 Å². The molecule has 2 aromatic carbocycles. The van der Waals surface area contributed by atoms with Gasteiger partial charge in [0.1, 0.15) is 11.5 Å². The van der Waals surface area contributed by atoms with E-state index in [1.807, 2.05) is 42.5 Å². The van der Waals surface area contributed by atoms with E-state index in [4.69, 9.17) is 14.2 Å². The van der Waals surface area contributed by atoms with E-state index in [1.165, 1.54) is 18.4 Å². The van der Waals surface area contributed by atoms with E-state index < -0.39 is 12.0 Å². The fourth-order valence-corrected chi connectivity index (χ4v) is 4.99. The van der Waals surface area contributed by atoms with Crippen molar-refractivity contribution in [3.8, 4) is 11.5 Å². The van der Waals surface area contributed by atoms with Crippen molar-refractivity contribution in [3.63, 3.8) is 0 Å². The van der Waals surface area contributed by atoms with Crippen molar-refractivity contribution < 1.29 is 19.0 Å². The molecule has 0 radical (unpaired) electrons. The zero-order chi connectivity index (χ0) is 24.9. The second kappa shape index (κ2) is 10.7. The predicted molar refractivity (Wildman–Crippen MR) is 136 cm³/mol. The van der Waals surface area contributed by atoms with Gasteiger partial charge >= 0.3 is 5.97 Å². The Labute approximate surface area is 207 Å². The molecular weight excluding hydrogens is 464 g/mol. The molecule has 0 amide bonds. The van der Waals surface area contributed by atoms with Gasteiger partial charge in [-0.05, 0) is 54.8 Å². The van der Waals surface area contributed by atoms with E-state index in [9.17, 15) is 9.59 Å². The molecule has 7 nitrogen and oxygen atoms in total. The summed E-state index contributed by atoms with van der Waals surface area (Å²) in [5.74, 6) is 0.971. The molecule has 0 saturated carbocycles. The van der Waals surface area contributed by atoms with Crippen molar-refractivity contribution in [1.82, 2.24) is 4.57 Å². The van der Waals surface area contributed by atoms with Gasteiger partial charge in [0.2, 0.25) is 0 Å². The van der Waals surface area contributed by atoms with Crippen molar-refractivity contribution in [1.29, 1.82) is 0 Å². The summed E-state index contributed by atoms with van der Waals surface area (Å²) >= 11 is 1.30. The summed E-state index contributed by atoms with van der Waals surface area (Å²) in [5.41, 5.74) is 2.29. The number of rotatable bonds is 8. The number of ether oxygens (including phenoxy) is 3. The van der Waals surface area contributed by atoms with Crippen molar-refractivity contribution in [2.75, 3.05) is 20.8 Å². The number of benzene rings is 2. The number of nitrogens with zero attached hydrogens (tertiary/aromatic N) is 2. The second-order valence-corrected chi connectivity index (χ2v) is 9.13. The van der Waals surface area contributed by atoms with Gasteiger partial charge in [0.05, 0.1) is 42.7 Å². The van der Waals surface area contributed by atoms with Crippen LogP contribution in [0.4, 0.5) is 0 Å². The van der Waals surface area contributed by atoms with Gasteiger partial charge < -0.3 is 14.2 Å². The molecule has 0 bridgehead atoms. The monoisotopic (exact) mass is 492 g/mol. The smallest absolute Gasteiger partial charge is 0.338 e. The highest BCUT2D eigenvalue weighted by Gasteiger charge is 2.33. The molecule has 4 rings (SSSR count). The predicted octanol–water partition coefficient (Wildman–Crippen LogP) is 3.60. The lowest BCUT2D eigenvalue weighted by molar-refractivity contribution is -0.136. The van der Waals surface area contributed by atoms with Gasteiger partial charge in [0.15, 0.2) is 4.80 Å². The highest BCUT2D eigenvalue weighted by molar-refractivity contribution is 7.07. The first kappa shape index (κ1) is 24.5. The Balaban J connectivity index is 1.79. The van der Waals surface area contributed by atoms with Gasteiger partial charge in [-0.3, -0.25) is 9.36 Å². The lowest BCUT2D eigenvalue weighted by Gasteiger charge is -2.24. The van der Waals surface area contributed by atoms with Gasteiger partial charge in [-0.1, -0.05) is 48.9 Å². The van der Waals surface area contributed by atoms with Crippen molar-refractivity contribution in [2.24, 2.45) is 4.99 Å². The molecule has 2 heterocycles. The number of carbonyl (C=O) groups excluding carboxylic acids is 1. The number of hydrogen-bond acceptors (Lipinski definition) is 7. The molecule has 1 aromatic heterocycles. The Morgan fingerprint density at radius 1 is 1.09 bits per heavy atom. The van der Waals surface area contributed by atoms with Crippen LogP contribution in [0.2, 0.25) is 0 Å². The molecule has 1 aliphatic rings. The van der Waals surface area contributed by atoms with E-state index >= 15 is 0 Å². The van der Waals surface area contributed by atoms with Crippen LogP contribution in [0.5, 0.6) is 11.5 Å². The maximum absolute atomic E-state index is 13.6. The molecule has 0 saturated heterocycles. The average Bonchev–Trinajstić information content (AvgIpc) is 3.18. The van der Waals surface area contributed by atoms with Crippen LogP contribution in [0.25, 0.3) is 6.08 Å². The first-order chi connectivity index (χ1) is 17.0. The first-order valence-electron chi connectivity index (χ1n) is 11.4. The summed E-state index contributed by atoms with van der Waals surface area (Å²) in [7, 11) is 2.92. The minimum Gasteiger partial charge on any atom is -0.497 e. The third-order valence-electron chi connectivity index (χ3n) is 5.80. The fourth-order valence-electron chi connectivity index (χ4n) is 3.94. The van der Waals surface area contributed by atoms with Crippen LogP contribution >= 0.6 is 11.3 Å². The molecule has 0 N–H and O–H groups in total. The number of fused-ring (bicyclic) bond motifs is 1. The Morgan fingerprint density at radius 3 is 2.40 bits per heavy atom. The van der Waals surface area contributed by atoms with Crippen molar-refractivity contribution in [2.45, 2.75) is 32.7 Å². The molecule has 35 heavy (non-hydrogen) atoms. The maximum atomic E-state index is 13.6. The van der Waals surface area contributed by atoms with Gasteiger partial charge in [0.25, 0.3) is 5.56 Å². The van der Waals surface area contributed by atoms with Gasteiger partial charge in [-0.15, -0.1) is 0 Å². The summed E-state index contributed by atoms with van der Waals surface area (Å²) in [6.07, 6.45) is 3.92. The Kier molecular flexibility index (Phi) is 7.51. The first-order valence-corrected chi connectivity index (χ1v) is 12.3. The number of methoxy groups -OCH3 is 2. The molecule has 0 aliphatic carbocycles. The van der Waals surface area contributed by atoms with E-state index in [2.05, 4.69) is 11.9 Å². The lowest BCUT2D eigenvalue weighted by atomic mass is 9.96. The Bertz CT molecular complexity index is 1420. The molecule has 0 fully saturated rings. The summed E-state index contributed by atoms with van der Waals surface area (Å²) in [6, 6.07) is 14.3. The van der Waals surface area contributed by atoms with Crippen LogP contribution in [0, 0.1) is 0 Å². The number of hydrogen-bond donors (Lipinski definition) is 0. The lowest BCUT2D eigenvalue weighted by Crippen LogP contribution is -2.39. The van der Waals surface area contributed by atoms with Crippen LogP contribution in [0.1, 0.15) is 43.9 Å². The summed E-state index contributed by atoms with van der Waals surface area (Å²) in [5, 5.41) is 0. The Hall–Kier alpha value is -3.65. The minimum absolute atomic E-state index is 0.216. The third kappa shape index (κ3) is 5.07. The fraction of sp³-hybridized carbons (Fsp3) is 0.296. The van der Waals surface area contributed by atoms with Crippen molar-refractivity contribution in [3.05, 3.63) is 90.6 Å². The van der Waals surface area contributed by atoms with E-state index in [1.54, 1.807) is 30.7 Å².